The molecule has 74 valence electrons. The second kappa shape index (κ2) is 8.36. The number of hydrogen-bond acceptors (Lipinski definition) is 2. The van der Waals surface area contributed by atoms with Crippen molar-refractivity contribution in [3.8, 4) is 0 Å². The third-order valence-corrected chi connectivity index (χ3v) is 2.40. The number of carboxylic acids is 2. The Morgan fingerprint density at radius 2 is 1.21 bits per heavy atom. The fourth-order valence-corrected chi connectivity index (χ4v) is 1.72. The summed E-state index contributed by atoms with van der Waals surface area (Å²) in [5.74, 6) is -3.28. The Kier molecular flexibility index (Phi) is 10.5. The number of carbonyl (C=O) groups is 2. The molecule has 0 heterocycles. The first-order chi connectivity index (χ1) is 5.63. The van der Waals surface area contributed by atoms with Gasteiger partial charge in [0.15, 0.2) is 0 Å². The molecule has 0 spiro atoms. The van der Waals surface area contributed by atoms with Crippen LogP contribution in [0.15, 0.2) is 0 Å². The van der Waals surface area contributed by atoms with E-state index < -0.39 is 23.8 Å². The summed E-state index contributed by atoms with van der Waals surface area (Å²) < 4.78 is 0. The first-order valence-corrected chi connectivity index (χ1v) is 4.08. The van der Waals surface area contributed by atoms with Crippen molar-refractivity contribution in [2.24, 2.45) is 11.8 Å². The Morgan fingerprint density at radius 3 is 1.43 bits per heavy atom. The Bertz CT molecular complexity index is 188. The number of carboxylic acid groups (broad SMARTS) is 2. The molecule has 1 saturated carbocycles. The Labute approximate surface area is 135 Å². The second-order valence-electron chi connectivity index (χ2n) is 3.17. The average molecular weight is 238 g/mol. The summed E-state index contributed by atoms with van der Waals surface area (Å²) in [6, 6.07) is 0. The van der Waals surface area contributed by atoms with E-state index in [0.29, 0.717) is 12.8 Å². The number of aliphatic carboxylic acids is 2. The predicted octanol–water partition coefficient (Wildman–Crippen LogP) is -0.603. The van der Waals surface area contributed by atoms with Crippen LogP contribution in [0.25, 0.3) is 0 Å². The van der Waals surface area contributed by atoms with E-state index in [1.54, 1.807) is 0 Å². The van der Waals surface area contributed by atoms with E-state index >= 15 is 0 Å². The maximum atomic E-state index is 10.6. The molecular weight excluding hydrogens is 223 g/mol. The van der Waals surface area contributed by atoms with Gasteiger partial charge in [0.2, 0.25) is 0 Å². The average Bonchev–Trinajstić information content (AvgIpc) is 2.04. The molecule has 0 aliphatic heterocycles. The van der Waals surface area contributed by atoms with Crippen molar-refractivity contribution in [1.29, 1.82) is 0 Å². The summed E-state index contributed by atoms with van der Waals surface area (Å²) in [5.41, 5.74) is 0. The zero-order valence-corrected chi connectivity index (χ0v) is 6.69. The van der Waals surface area contributed by atoms with Crippen molar-refractivity contribution in [2.45, 2.75) is 25.7 Å². The minimum atomic E-state index is -0.970. The van der Waals surface area contributed by atoms with E-state index in [9.17, 15) is 9.59 Å². The Morgan fingerprint density at radius 1 is 0.929 bits per heavy atom. The molecule has 2 atom stereocenters. The zero-order valence-electron chi connectivity index (χ0n) is 6.69. The van der Waals surface area contributed by atoms with Gasteiger partial charge in [0, 0.05) is 0 Å². The van der Waals surface area contributed by atoms with Crippen LogP contribution >= 0.6 is 0 Å². The van der Waals surface area contributed by atoms with E-state index in [0.717, 1.165) is 12.8 Å². The van der Waals surface area contributed by atoms with Crippen molar-refractivity contribution in [1.82, 2.24) is 0 Å². The molecular formula is C8H15CaNaO4. The second-order valence-corrected chi connectivity index (χ2v) is 3.17. The minimum absolute atomic E-state index is 0. The molecule has 0 aromatic carbocycles. The standard InChI is InChI=1S/C8H12O4.Ca.Na.3H/c9-7(10)5-3-1-2-4-6(5)8(11)12;;;;;/h5-6H,1-4H2,(H,9,10)(H,11,12);;;;;. The van der Waals surface area contributed by atoms with E-state index in [1.165, 1.54) is 0 Å². The van der Waals surface area contributed by atoms with E-state index in [2.05, 4.69) is 0 Å². The first kappa shape index (κ1) is 17.6. The normalized spacial score (nSPS) is 25.4. The maximum absolute atomic E-state index is 10.6. The molecule has 1 rings (SSSR count). The van der Waals surface area contributed by atoms with Gasteiger partial charge in [0.25, 0.3) is 0 Å². The van der Waals surface area contributed by atoms with Crippen molar-refractivity contribution < 1.29 is 19.8 Å². The van der Waals surface area contributed by atoms with Gasteiger partial charge in [-0.25, -0.2) is 0 Å². The summed E-state index contributed by atoms with van der Waals surface area (Å²) in [6.45, 7) is 0. The quantitative estimate of drug-likeness (QED) is 0.630. The van der Waals surface area contributed by atoms with Gasteiger partial charge in [-0.15, -0.1) is 0 Å². The third-order valence-electron chi connectivity index (χ3n) is 2.40. The molecule has 2 unspecified atom stereocenters. The Balaban J connectivity index is 0. The van der Waals surface area contributed by atoms with Crippen LogP contribution in [0.4, 0.5) is 0 Å². The number of hydrogen-bond donors (Lipinski definition) is 2. The van der Waals surface area contributed by atoms with Crippen LogP contribution in [0.2, 0.25) is 0 Å². The van der Waals surface area contributed by atoms with Crippen LogP contribution in [0.3, 0.4) is 0 Å². The van der Waals surface area contributed by atoms with Crippen LogP contribution in [-0.2, 0) is 9.59 Å². The molecule has 1 aliphatic rings. The van der Waals surface area contributed by atoms with Crippen LogP contribution in [0.1, 0.15) is 25.7 Å². The van der Waals surface area contributed by atoms with Crippen molar-refractivity contribution in [3.05, 3.63) is 0 Å². The van der Waals surface area contributed by atoms with Crippen molar-refractivity contribution in [3.63, 3.8) is 0 Å². The molecule has 0 bridgehead atoms. The molecule has 0 aromatic rings. The molecule has 1 aliphatic carbocycles. The topological polar surface area (TPSA) is 74.6 Å². The van der Waals surface area contributed by atoms with Crippen LogP contribution < -0.4 is 0 Å². The van der Waals surface area contributed by atoms with E-state index in [4.69, 9.17) is 10.2 Å². The molecule has 6 heteroatoms. The summed E-state index contributed by atoms with van der Waals surface area (Å²) >= 11 is 0. The van der Waals surface area contributed by atoms with Gasteiger partial charge in [-0.3, -0.25) is 9.59 Å². The Hall–Kier alpha value is 1.20. The fourth-order valence-electron chi connectivity index (χ4n) is 1.72. The summed E-state index contributed by atoms with van der Waals surface area (Å²) in [7, 11) is 0. The van der Waals surface area contributed by atoms with Crippen LogP contribution in [-0.4, -0.2) is 89.4 Å². The number of rotatable bonds is 2. The molecule has 2 N–H and O–H groups in total. The van der Waals surface area contributed by atoms with E-state index in [1.807, 2.05) is 0 Å². The molecule has 0 aromatic heterocycles. The molecule has 0 saturated heterocycles. The van der Waals surface area contributed by atoms with Gasteiger partial charge in [-0.2, -0.15) is 0 Å². The van der Waals surface area contributed by atoms with Crippen LogP contribution in [0, 0.1) is 11.8 Å². The molecule has 1 fully saturated rings. The summed E-state index contributed by atoms with van der Waals surface area (Å²) in [5, 5.41) is 17.4. The van der Waals surface area contributed by atoms with Gasteiger partial charge in [0.1, 0.15) is 0 Å². The van der Waals surface area contributed by atoms with Crippen LogP contribution in [0.5, 0.6) is 0 Å². The monoisotopic (exact) mass is 238 g/mol. The third kappa shape index (κ3) is 4.81. The molecule has 0 radical (unpaired) electrons. The van der Waals surface area contributed by atoms with Gasteiger partial charge in [-0.05, 0) is 12.8 Å². The van der Waals surface area contributed by atoms with Crippen molar-refractivity contribution >= 4 is 79.2 Å². The van der Waals surface area contributed by atoms with Crippen molar-refractivity contribution in [2.75, 3.05) is 0 Å². The summed E-state index contributed by atoms with van der Waals surface area (Å²) in [4.78, 5) is 21.2. The molecule has 0 amide bonds. The van der Waals surface area contributed by atoms with Gasteiger partial charge in [-0.1, -0.05) is 12.8 Å². The SMILES string of the molecule is O=C(O)C1CCCCC1C(=O)O.[CaH2].[NaH]. The molecule has 14 heavy (non-hydrogen) atoms. The van der Waals surface area contributed by atoms with Gasteiger partial charge >= 0.3 is 79.2 Å². The zero-order chi connectivity index (χ0) is 9.14. The van der Waals surface area contributed by atoms with Gasteiger partial charge in [0.05, 0.1) is 11.8 Å². The molecule has 4 nitrogen and oxygen atoms in total. The summed E-state index contributed by atoms with van der Waals surface area (Å²) in [6.07, 6.45) is 2.68. The van der Waals surface area contributed by atoms with Gasteiger partial charge < -0.3 is 10.2 Å². The predicted molar refractivity (Wildman–Crippen MR) is 56.4 cm³/mol. The first-order valence-electron chi connectivity index (χ1n) is 4.08. The fraction of sp³-hybridized carbons (Fsp3) is 0.750. The van der Waals surface area contributed by atoms with E-state index in [-0.39, 0.29) is 67.3 Å².